The van der Waals surface area contributed by atoms with E-state index in [0.29, 0.717) is 47.9 Å². The minimum absolute atomic E-state index is 0.00337. The number of methoxy groups -OCH3 is 3. The highest BCUT2D eigenvalue weighted by Crippen LogP contribution is 2.30. The van der Waals surface area contributed by atoms with Gasteiger partial charge in [-0.05, 0) is 60.7 Å². The summed E-state index contributed by atoms with van der Waals surface area (Å²) in [7, 11) is 3.81. The molecule has 40 heavy (non-hydrogen) atoms. The number of hydrogen-bond donors (Lipinski definition) is 0. The summed E-state index contributed by atoms with van der Waals surface area (Å²) < 4.78 is 27.5. The summed E-state index contributed by atoms with van der Waals surface area (Å²) in [4.78, 5) is 37.0. The van der Waals surface area contributed by atoms with Crippen LogP contribution in [0.15, 0.2) is 78.9 Å². The van der Waals surface area contributed by atoms with E-state index in [2.05, 4.69) is 9.84 Å². The third-order valence-corrected chi connectivity index (χ3v) is 5.88. The molecule has 0 N–H and O–H groups in total. The molecule has 0 spiro atoms. The number of carbonyl (C=O) groups excluding carboxylic acids is 3. The molecule has 3 aromatic carbocycles. The second-order valence-corrected chi connectivity index (χ2v) is 8.39. The molecular formula is C30H28N2O8. The third-order valence-electron chi connectivity index (χ3n) is 5.88. The van der Waals surface area contributed by atoms with Gasteiger partial charge in [-0.15, -0.1) is 0 Å². The number of aromatic nitrogens is 2. The van der Waals surface area contributed by atoms with E-state index in [4.69, 9.17) is 18.9 Å². The number of carbonyl (C=O) groups is 3. The van der Waals surface area contributed by atoms with E-state index in [1.807, 2.05) is 6.07 Å². The first kappa shape index (κ1) is 27.9. The number of hydrogen-bond acceptors (Lipinski definition) is 9. The highest BCUT2D eigenvalue weighted by atomic mass is 16.5. The Balaban J connectivity index is 1.45. The van der Waals surface area contributed by atoms with Crippen molar-refractivity contribution in [3.05, 3.63) is 95.7 Å². The minimum Gasteiger partial charge on any atom is -0.493 e. The van der Waals surface area contributed by atoms with Gasteiger partial charge < -0.3 is 23.7 Å². The molecule has 0 bridgehead atoms. The molecule has 0 unspecified atom stereocenters. The van der Waals surface area contributed by atoms with Crippen LogP contribution in [0.3, 0.4) is 0 Å². The van der Waals surface area contributed by atoms with E-state index in [1.54, 1.807) is 72.8 Å². The average Bonchev–Trinajstić information content (AvgIpc) is 3.41. The van der Waals surface area contributed by atoms with Crippen LogP contribution in [0.5, 0.6) is 11.5 Å². The second-order valence-electron chi connectivity index (χ2n) is 8.39. The first-order chi connectivity index (χ1) is 19.5. The molecule has 0 saturated heterocycles. The number of esters is 3. The fourth-order valence-electron chi connectivity index (χ4n) is 3.91. The quantitative estimate of drug-likeness (QED) is 0.150. The molecule has 0 saturated carbocycles. The first-order valence-electron chi connectivity index (χ1n) is 12.4. The standard InChI is InChI=1S/C30H28N2O8/c1-36-28(33)21-12-16-24(17-13-21)40-19-7-18-39-23-14-10-20(11-15-23)26-25(29(34)37-2)27(30(35)38-3)32(31-26)22-8-5-4-6-9-22/h4-6,8-17H,7,18-19H2,1-3H3. The van der Waals surface area contributed by atoms with Crippen molar-refractivity contribution in [1.29, 1.82) is 0 Å². The summed E-state index contributed by atoms with van der Waals surface area (Å²) in [6, 6.07) is 22.7. The maximum Gasteiger partial charge on any atom is 0.357 e. The van der Waals surface area contributed by atoms with Crippen molar-refractivity contribution in [1.82, 2.24) is 9.78 Å². The van der Waals surface area contributed by atoms with E-state index >= 15 is 0 Å². The minimum atomic E-state index is -0.718. The van der Waals surface area contributed by atoms with E-state index < -0.39 is 17.9 Å². The summed E-state index contributed by atoms with van der Waals surface area (Å²) in [6.07, 6.45) is 0.622. The summed E-state index contributed by atoms with van der Waals surface area (Å²) in [5, 5.41) is 4.59. The first-order valence-corrected chi connectivity index (χ1v) is 12.4. The zero-order chi connectivity index (χ0) is 28.5. The molecule has 10 heteroatoms. The van der Waals surface area contributed by atoms with Crippen molar-refractivity contribution in [3.63, 3.8) is 0 Å². The van der Waals surface area contributed by atoms with Crippen molar-refractivity contribution in [3.8, 4) is 28.4 Å². The predicted octanol–water partition coefficient (Wildman–Crippen LogP) is 4.75. The normalized spacial score (nSPS) is 10.5. The number of rotatable bonds is 11. The Morgan fingerprint density at radius 3 is 1.77 bits per heavy atom. The fourth-order valence-corrected chi connectivity index (χ4v) is 3.91. The van der Waals surface area contributed by atoms with Crippen molar-refractivity contribution < 1.29 is 38.1 Å². The highest BCUT2D eigenvalue weighted by Gasteiger charge is 2.31. The van der Waals surface area contributed by atoms with Gasteiger partial charge in [0.2, 0.25) is 0 Å². The molecule has 0 amide bonds. The molecule has 0 aliphatic carbocycles. The van der Waals surface area contributed by atoms with Crippen LogP contribution < -0.4 is 9.47 Å². The summed E-state index contributed by atoms with van der Waals surface area (Å²) in [6.45, 7) is 0.827. The van der Waals surface area contributed by atoms with Crippen LogP contribution in [-0.4, -0.2) is 62.2 Å². The number of benzene rings is 3. The Morgan fingerprint density at radius 1 is 0.675 bits per heavy atom. The lowest BCUT2D eigenvalue weighted by Gasteiger charge is -2.09. The lowest BCUT2D eigenvalue weighted by Crippen LogP contribution is -2.15. The largest absolute Gasteiger partial charge is 0.493 e. The van der Waals surface area contributed by atoms with Crippen LogP contribution in [0.2, 0.25) is 0 Å². The Morgan fingerprint density at radius 2 is 1.23 bits per heavy atom. The summed E-state index contributed by atoms with van der Waals surface area (Å²) >= 11 is 0. The molecule has 0 atom stereocenters. The average molecular weight is 545 g/mol. The molecule has 4 aromatic rings. The van der Waals surface area contributed by atoms with Gasteiger partial charge in [0.05, 0.1) is 45.8 Å². The number of ether oxygens (including phenoxy) is 5. The van der Waals surface area contributed by atoms with Crippen LogP contribution in [0.1, 0.15) is 37.6 Å². The van der Waals surface area contributed by atoms with Crippen LogP contribution in [-0.2, 0) is 14.2 Å². The lowest BCUT2D eigenvalue weighted by molar-refractivity contribution is 0.0549. The maximum absolute atomic E-state index is 12.8. The van der Waals surface area contributed by atoms with Gasteiger partial charge in [-0.2, -0.15) is 5.10 Å². The van der Waals surface area contributed by atoms with Crippen molar-refractivity contribution >= 4 is 17.9 Å². The summed E-state index contributed by atoms with van der Waals surface area (Å²) in [5.74, 6) is -0.579. The molecule has 0 aliphatic heterocycles. The smallest absolute Gasteiger partial charge is 0.357 e. The predicted molar refractivity (Wildman–Crippen MR) is 145 cm³/mol. The number of para-hydroxylation sites is 1. The lowest BCUT2D eigenvalue weighted by atomic mass is 10.1. The van der Waals surface area contributed by atoms with Crippen molar-refractivity contribution in [2.75, 3.05) is 34.5 Å². The van der Waals surface area contributed by atoms with Gasteiger partial charge in [-0.1, -0.05) is 18.2 Å². The Labute approximate surface area is 231 Å². The Hall–Kier alpha value is -5.12. The topological polar surface area (TPSA) is 115 Å². The molecule has 1 aromatic heterocycles. The van der Waals surface area contributed by atoms with Gasteiger partial charge in [0.1, 0.15) is 22.8 Å². The van der Waals surface area contributed by atoms with Crippen LogP contribution >= 0.6 is 0 Å². The Kier molecular flexibility index (Phi) is 9.14. The maximum atomic E-state index is 12.8. The van der Waals surface area contributed by atoms with Crippen LogP contribution in [0.4, 0.5) is 0 Å². The molecule has 0 fully saturated rings. The van der Waals surface area contributed by atoms with Gasteiger partial charge in [0, 0.05) is 12.0 Å². The third kappa shape index (κ3) is 6.29. The molecular weight excluding hydrogens is 516 g/mol. The zero-order valence-corrected chi connectivity index (χ0v) is 22.3. The fraction of sp³-hybridized carbons (Fsp3) is 0.200. The van der Waals surface area contributed by atoms with Crippen molar-refractivity contribution in [2.45, 2.75) is 6.42 Å². The molecule has 0 aliphatic rings. The number of nitrogens with zero attached hydrogens (tertiary/aromatic N) is 2. The van der Waals surface area contributed by atoms with Gasteiger partial charge in [-0.25, -0.2) is 19.1 Å². The zero-order valence-electron chi connectivity index (χ0n) is 22.3. The van der Waals surface area contributed by atoms with Gasteiger partial charge in [0.15, 0.2) is 5.69 Å². The monoisotopic (exact) mass is 544 g/mol. The van der Waals surface area contributed by atoms with Crippen LogP contribution in [0, 0.1) is 0 Å². The van der Waals surface area contributed by atoms with Gasteiger partial charge in [-0.3, -0.25) is 0 Å². The molecule has 4 rings (SSSR count). The van der Waals surface area contributed by atoms with E-state index in [0.717, 1.165) is 0 Å². The SMILES string of the molecule is COC(=O)c1ccc(OCCCOc2ccc(-c3nn(-c4ccccc4)c(C(=O)OC)c3C(=O)OC)cc2)cc1. The highest BCUT2D eigenvalue weighted by molar-refractivity contribution is 6.06. The molecule has 10 nitrogen and oxygen atoms in total. The molecule has 0 radical (unpaired) electrons. The second kappa shape index (κ2) is 13.1. The summed E-state index contributed by atoms with van der Waals surface area (Å²) in [5.41, 5.74) is 1.87. The molecule has 1 heterocycles. The van der Waals surface area contributed by atoms with E-state index in [1.165, 1.54) is 26.0 Å². The van der Waals surface area contributed by atoms with Crippen LogP contribution in [0.25, 0.3) is 16.9 Å². The molecule has 206 valence electrons. The van der Waals surface area contributed by atoms with Gasteiger partial charge >= 0.3 is 17.9 Å². The van der Waals surface area contributed by atoms with E-state index in [-0.39, 0.29) is 17.0 Å². The van der Waals surface area contributed by atoms with Crippen molar-refractivity contribution in [2.24, 2.45) is 0 Å². The van der Waals surface area contributed by atoms with E-state index in [9.17, 15) is 14.4 Å². The van der Waals surface area contributed by atoms with Gasteiger partial charge in [0.25, 0.3) is 0 Å². The Bertz CT molecular complexity index is 1460.